The van der Waals surface area contributed by atoms with Gasteiger partial charge in [0, 0.05) is 18.8 Å². The van der Waals surface area contributed by atoms with Gasteiger partial charge >= 0.3 is 12.1 Å². The molecule has 7 heteroatoms. The Hall–Kier alpha value is -2.12. The number of rotatable bonds is 6. The second-order valence-electron chi connectivity index (χ2n) is 7.43. The van der Waals surface area contributed by atoms with Crippen molar-refractivity contribution in [3.63, 3.8) is 0 Å². The fraction of sp³-hybridized carbons (Fsp3) is 0.579. The minimum absolute atomic E-state index is 0.176. The van der Waals surface area contributed by atoms with E-state index < -0.39 is 5.97 Å². The summed E-state index contributed by atoms with van der Waals surface area (Å²) in [6.45, 7) is 3.53. The van der Waals surface area contributed by atoms with E-state index in [1.165, 1.54) is 5.56 Å². The lowest BCUT2D eigenvalue weighted by Crippen LogP contribution is -2.41. The molecule has 2 saturated heterocycles. The number of aliphatic carboxylic acids is 1. The van der Waals surface area contributed by atoms with Gasteiger partial charge in [0.05, 0.1) is 12.5 Å². The van der Waals surface area contributed by atoms with Crippen LogP contribution in [0.1, 0.15) is 18.4 Å². The van der Waals surface area contributed by atoms with Crippen LogP contribution in [0.4, 0.5) is 10.5 Å². The number of likely N-dealkylation sites (tertiary alicyclic amines) is 1. The molecule has 1 aromatic carbocycles. The molecule has 0 bridgehead atoms. The first-order valence-corrected chi connectivity index (χ1v) is 9.09. The largest absolute Gasteiger partial charge is 0.481 e. The summed E-state index contributed by atoms with van der Waals surface area (Å²) < 4.78 is 5.52. The molecule has 26 heavy (non-hydrogen) atoms. The van der Waals surface area contributed by atoms with Gasteiger partial charge in [-0.25, -0.2) is 4.79 Å². The second-order valence-corrected chi connectivity index (χ2v) is 7.43. The van der Waals surface area contributed by atoms with Crippen molar-refractivity contribution >= 4 is 17.7 Å². The van der Waals surface area contributed by atoms with Crippen LogP contribution in [0.3, 0.4) is 0 Å². The van der Waals surface area contributed by atoms with Gasteiger partial charge < -0.3 is 14.7 Å². The Kier molecular flexibility index (Phi) is 5.78. The number of ether oxygens (including phenoxy) is 1. The zero-order valence-electron chi connectivity index (χ0n) is 15.4. The number of carbonyl (C=O) groups excluding carboxylic acids is 1. The smallest absolute Gasteiger partial charge is 0.414 e. The van der Waals surface area contributed by atoms with Crippen LogP contribution in [-0.2, 0) is 16.1 Å². The van der Waals surface area contributed by atoms with E-state index in [1.54, 1.807) is 4.90 Å². The summed E-state index contributed by atoms with van der Waals surface area (Å²) >= 11 is 0. The third-order valence-electron chi connectivity index (χ3n) is 5.02. The molecule has 142 valence electrons. The molecule has 2 aliphatic heterocycles. The number of carboxylic acids is 1. The van der Waals surface area contributed by atoms with Crippen molar-refractivity contribution in [1.29, 1.82) is 0 Å². The number of carbonyl (C=O) groups is 2. The number of benzene rings is 1. The molecular formula is C19H27N3O4. The van der Waals surface area contributed by atoms with Gasteiger partial charge in [0.25, 0.3) is 0 Å². The van der Waals surface area contributed by atoms with Gasteiger partial charge in [0.1, 0.15) is 6.10 Å². The molecule has 0 aliphatic carbocycles. The average Bonchev–Trinajstić information content (AvgIpc) is 2.96. The Morgan fingerprint density at radius 2 is 1.88 bits per heavy atom. The standard InChI is InChI=1S/C19H27N3O4/c1-20(2)11-14-3-5-16(6-4-14)22-13-17(26-19(22)25)12-21-9-7-15(8-10-21)18(23)24/h3-6,15,17H,7-13H2,1-2H3,(H,23,24). The Labute approximate surface area is 154 Å². The summed E-state index contributed by atoms with van der Waals surface area (Å²) in [5.41, 5.74) is 2.05. The van der Waals surface area contributed by atoms with Crippen LogP contribution in [0.25, 0.3) is 0 Å². The third kappa shape index (κ3) is 4.53. The van der Waals surface area contributed by atoms with Gasteiger partial charge in [-0.3, -0.25) is 14.6 Å². The Morgan fingerprint density at radius 3 is 2.46 bits per heavy atom. The topological polar surface area (TPSA) is 73.3 Å². The molecule has 1 amide bonds. The van der Waals surface area contributed by atoms with Gasteiger partial charge in [-0.1, -0.05) is 12.1 Å². The Bertz CT molecular complexity index is 639. The highest BCUT2D eigenvalue weighted by molar-refractivity contribution is 5.89. The highest BCUT2D eigenvalue weighted by atomic mass is 16.6. The number of amides is 1. The van der Waals surface area contributed by atoms with E-state index in [9.17, 15) is 9.59 Å². The molecule has 1 N–H and O–H groups in total. The molecular weight excluding hydrogens is 334 g/mol. The first-order valence-electron chi connectivity index (χ1n) is 9.09. The maximum atomic E-state index is 12.2. The lowest BCUT2D eigenvalue weighted by Gasteiger charge is -2.31. The van der Waals surface area contributed by atoms with E-state index in [-0.39, 0.29) is 18.1 Å². The quantitative estimate of drug-likeness (QED) is 0.834. The molecule has 7 nitrogen and oxygen atoms in total. The van der Waals surface area contributed by atoms with E-state index in [1.807, 2.05) is 38.4 Å². The van der Waals surface area contributed by atoms with Crippen LogP contribution in [-0.4, -0.2) is 73.3 Å². The number of carboxylic acid groups (broad SMARTS) is 1. The molecule has 2 aliphatic rings. The van der Waals surface area contributed by atoms with Crippen LogP contribution in [0.2, 0.25) is 0 Å². The monoisotopic (exact) mass is 361 g/mol. The van der Waals surface area contributed by atoms with Crippen molar-refractivity contribution in [2.75, 3.05) is 45.2 Å². The Balaban J connectivity index is 1.53. The van der Waals surface area contributed by atoms with E-state index in [2.05, 4.69) is 9.80 Å². The SMILES string of the molecule is CN(C)Cc1ccc(N2CC(CN3CCC(C(=O)O)CC3)OC2=O)cc1. The number of cyclic esters (lactones) is 1. The van der Waals surface area contributed by atoms with E-state index in [0.29, 0.717) is 25.9 Å². The van der Waals surface area contributed by atoms with Gasteiger partial charge in [-0.15, -0.1) is 0 Å². The predicted molar refractivity (Wildman–Crippen MR) is 98.2 cm³/mol. The van der Waals surface area contributed by atoms with Crippen molar-refractivity contribution in [2.24, 2.45) is 5.92 Å². The molecule has 0 radical (unpaired) electrons. The summed E-state index contributed by atoms with van der Waals surface area (Å²) in [6, 6.07) is 7.99. The van der Waals surface area contributed by atoms with Crippen LogP contribution in [0, 0.1) is 5.92 Å². The average molecular weight is 361 g/mol. The zero-order chi connectivity index (χ0) is 18.7. The number of anilines is 1. The summed E-state index contributed by atoms with van der Waals surface area (Å²) in [7, 11) is 4.05. The molecule has 2 heterocycles. The van der Waals surface area contributed by atoms with E-state index in [4.69, 9.17) is 9.84 Å². The summed E-state index contributed by atoms with van der Waals surface area (Å²) in [6.07, 6.45) is 0.834. The van der Waals surface area contributed by atoms with Crippen molar-refractivity contribution < 1.29 is 19.4 Å². The van der Waals surface area contributed by atoms with Gasteiger partial charge in [0.15, 0.2) is 0 Å². The first kappa shape index (κ1) is 18.7. The maximum absolute atomic E-state index is 12.2. The minimum Gasteiger partial charge on any atom is -0.481 e. The van der Waals surface area contributed by atoms with Crippen molar-refractivity contribution in [1.82, 2.24) is 9.80 Å². The van der Waals surface area contributed by atoms with Crippen LogP contribution >= 0.6 is 0 Å². The molecule has 1 unspecified atom stereocenters. The van der Waals surface area contributed by atoms with Crippen molar-refractivity contribution in [3.8, 4) is 0 Å². The molecule has 1 atom stereocenters. The predicted octanol–water partition coefficient (Wildman–Crippen LogP) is 1.87. The lowest BCUT2D eigenvalue weighted by molar-refractivity contribution is -0.143. The number of piperidine rings is 1. The summed E-state index contributed by atoms with van der Waals surface area (Å²) in [5, 5.41) is 9.07. The van der Waals surface area contributed by atoms with Crippen molar-refractivity contribution in [2.45, 2.75) is 25.5 Å². The molecule has 0 spiro atoms. The van der Waals surface area contributed by atoms with Gasteiger partial charge in [-0.2, -0.15) is 0 Å². The van der Waals surface area contributed by atoms with Gasteiger partial charge in [0.2, 0.25) is 0 Å². The van der Waals surface area contributed by atoms with Gasteiger partial charge in [-0.05, 0) is 57.7 Å². The molecule has 0 aromatic heterocycles. The van der Waals surface area contributed by atoms with Crippen molar-refractivity contribution in [3.05, 3.63) is 29.8 Å². The number of hydrogen-bond donors (Lipinski definition) is 1. The van der Waals surface area contributed by atoms with Crippen LogP contribution in [0.5, 0.6) is 0 Å². The normalized spacial score (nSPS) is 22.0. The zero-order valence-corrected chi connectivity index (χ0v) is 15.4. The Morgan fingerprint density at radius 1 is 1.23 bits per heavy atom. The van der Waals surface area contributed by atoms with E-state index >= 15 is 0 Å². The molecule has 2 fully saturated rings. The number of nitrogens with zero attached hydrogens (tertiary/aromatic N) is 3. The second kappa shape index (κ2) is 8.05. The minimum atomic E-state index is -0.708. The maximum Gasteiger partial charge on any atom is 0.414 e. The molecule has 1 aromatic rings. The lowest BCUT2D eigenvalue weighted by atomic mass is 9.97. The molecule has 0 saturated carbocycles. The third-order valence-corrected chi connectivity index (χ3v) is 5.02. The fourth-order valence-corrected chi connectivity index (χ4v) is 3.62. The van der Waals surface area contributed by atoms with Crippen LogP contribution < -0.4 is 4.90 Å². The van der Waals surface area contributed by atoms with Crippen LogP contribution in [0.15, 0.2) is 24.3 Å². The number of hydrogen-bond acceptors (Lipinski definition) is 5. The highest BCUT2D eigenvalue weighted by Crippen LogP contribution is 2.24. The summed E-state index contributed by atoms with van der Waals surface area (Å²) in [4.78, 5) is 29.2. The fourth-order valence-electron chi connectivity index (χ4n) is 3.62. The molecule has 3 rings (SSSR count). The first-order chi connectivity index (χ1) is 12.4. The highest BCUT2D eigenvalue weighted by Gasteiger charge is 2.34. The van der Waals surface area contributed by atoms with E-state index in [0.717, 1.165) is 25.3 Å². The summed E-state index contributed by atoms with van der Waals surface area (Å²) in [5.74, 6) is -0.949.